The van der Waals surface area contributed by atoms with Crippen LogP contribution >= 0.6 is 0 Å². The van der Waals surface area contributed by atoms with E-state index in [0.29, 0.717) is 0 Å². The van der Waals surface area contributed by atoms with E-state index in [1.54, 1.807) is 0 Å². The topological polar surface area (TPSA) is 27.1 Å². The Morgan fingerprint density at radius 3 is 3.00 bits per heavy atom. The van der Waals surface area contributed by atoms with Crippen LogP contribution in [0.2, 0.25) is 0 Å². The Kier molecular flexibility index (Phi) is 2.56. The number of amidine groups is 1. The van der Waals surface area contributed by atoms with Gasteiger partial charge in [0.2, 0.25) is 0 Å². The van der Waals surface area contributed by atoms with Gasteiger partial charge >= 0.3 is 0 Å². The van der Waals surface area contributed by atoms with Crippen LogP contribution in [0.4, 0.5) is 0 Å². The summed E-state index contributed by atoms with van der Waals surface area (Å²) in [5.41, 5.74) is 0. The van der Waals surface area contributed by atoms with E-state index in [4.69, 9.17) is 5.41 Å². The second-order valence-corrected chi connectivity index (χ2v) is 4.45. The summed E-state index contributed by atoms with van der Waals surface area (Å²) in [6.45, 7) is 3.42. The summed E-state index contributed by atoms with van der Waals surface area (Å²) in [4.78, 5) is 2.36. The molecule has 2 nitrogen and oxygen atoms in total. The summed E-state index contributed by atoms with van der Waals surface area (Å²) >= 11 is 0. The normalized spacial score (nSPS) is 33.6. The zero-order valence-corrected chi connectivity index (χ0v) is 8.55. The molecule has 0 aromatic rings. The minimum absolute atomic E-state index is 0.757. The molecule has 74 valence electrons. The van der Waals surface area contributed by atoms with Crippen molar-refractivity contribution in [1.82, 2.24) is 4.90 Å². The Labute approximate surface area is 80.8 Å². The zero-order chi connectivity index (χ0) is 9.26. The largest absolute Gasteiger partial charge is 0.357 e. The lowest BCUT2D eigenvalue weighted by Gasteiger charge is -2.29. The van der Waals surface area contributed by atoms with Gasteiger partial charge in [-0.25, -0.2) is 0 Å². The lowest BCUT2D eigenvalue weighted by atomic mass is 10.1. The Bertz CT molecular complexity index is 200. The van der Waals surface area contributed by atoms with Gasteiger partial charge in [0.05, 0.1) is 5.84 Å². The maximum absolute atomic E-state index is 7.86. The first-order chi connectivity index (χ1) is 6.33. The maximum atomic E-state index is 7.86. The molecule has 1 saturated heterocycles. The first-order valence-corrected chi connectivity index (χ1v) is 5.67. The summed E-state index contributed by atoms with van der Waals surface area (Å²) in [5.74, 6) is 1.83. The summed E-state index contributed by atoms with van der Waals surface area (Å²) in [6.07, 6.45) is 7.60. The molecule has 0 bridgehead atoms. The van der Waals surface area contributed by atoms with Crippen LogP contribution in [0.15, 0.2) is 0 Å². The monoisotopic (exact) mass is 180 g/mol. The van der Waals surface area contributed by atoms with Crippen molar-refractivity contribution in [2.45, 2.75) is 51.5 Å². The summed E-state index contributed by atoms with van der Waals surface area (Å²) < 4.78 is 0. The van der Waals surface area contributed by atoms with Crippen LogP contribution in [0.1, 0.15) is 45.4 Å². The molecule has 1 aliphatic carbocycles. The molecule has 2 fully saturated rings. The minimum atomic E-state index is 0.757. The first kappa shape index (κ1) is 9.04. The molecule has 0 radical (unpaired) electrons. The highest BCUT2D eigenvalue weighted by atomic mass is 15.2. The fraction of sp³-hybridized carbons (Fsp3) is 0.909. The average molecular weight is 180 g/mol. The van der Waals surface area contributed by atoms with Crippen molar-refractivity contribution in [1.29, 1.82) is 5.41 Å². The molecule has 1 N–H and O–H groups in total. The number of likely N-dealkylation sites (tertiary alicyclic amines) is 1. The van der Waals surface area contributed by atoms with Crippen LogP contribution in [0.25, 0.3) is 0 Å². The third-order valence-corrected chi connectivity index (χ3v) is 3.35. The van der Waals surface area contributed by atoms with E-state index < -0.39 is 0 Å². The van der Waals surface area contributed by atoms with E-state index in [2.05, 4.69) is 11.8 Å². The molecule has 1 heterocycles. The van der Waals surface area contributed by atoms with E-state index in [-0.39, 0.29) is 0 Å². The van der Waals surface area contributed by atoms with Crippen LogP contribution < -0.4 is 0 Å². The number of nitrogens with one attached hydrogen (secondary N) is 1. The van der Waals surface area contributed by atoms with E-state index >= 15 is 0 Å². The fourth-order valence-corrected chi connectivity index (χ4v) is 2.51. The number of hydrogen-bond donors (Lipinski definition) is 1. The molecule has 0 amide bonds. The molecule has 2 rings (SSSR count). The highest BCUT2D eigenvalue weighted by Crippen LogP contribution is 2.40. The average Bonchev–Trinajstić information content (AvgIpc) is 2.86. The predicted molar refractivity (Wildman–Crippen MR) is 55.1 cm³/mol. The molecule has 0 aromatic heterocycles. The quantitative estimate of drug-likeness (QED) is 0.710. The molecule has 13 heavy (non-hydrogen) atoms. The van der Waals surface area contributed by atoms with Crippen LogP contribution in [-0.2, 0) is 0 Å². The molecule has 2 aliphatic rings. The summed E-state index contributed by atoms with van der Waals surface area (Å²) in [6, 6.07) is 0.757. The van der Waals surface area contributed by atoms with Gasteiger partial charge in [0.25, 0.3) is 0 Å². The molecule has 1 saturated carbocycles. The Morgan fingerprint density at radius 2 is 2.31 bits per heavy atom. The van der Waals surface area contributed by atoms with Crippen LogP contribution in [0, 0.1) is 11.3 Å². The molecule has 0 spiro atoms. The van der Waals surface area contributed by atoms with Gasteiger partial charge in [-0.3, -0.25) is 5.41 Å². The molecule has 2 unspecified atom stereocenters. The van der Waals surface area contributed by atoms with Gasteiger partial charge in [0.15, 0.2) is 0 Å². The van der Waals surface area contributed by atoms with E-state index in [1.807, 2.05) is 0 Å². The third-order valence-electron chi connectivity index (χ3n) is 3.35. The van der Waals surface area contributed by atoms with Gasteiger partial charge in [-0.2, -0.15) is 0 Å². The van der Waals surface area contributed by atoms with Crippen molar-refractivity contribution in [3.63, 3.8) is 0 Å². The molecular weight excluding hydrogens is 160 g/mol. The van der Waals surface area contributed by atoms with Gasteiger partial charge in [-0.15, -0.1) is 0 Å². The van der Waals surface area contributed by atoms with Crippen LogP contribution in [0.5, 0.6) is 0 Å². The van der Waals surface area contributed by atoms with Crippen LogP contribution in [0.3, 0.4) is 0 Å². The van der Waals surface area contributed by atoms with Gasteiger partial charge in [0.1, 0.15) is 0 Å². The number of piperidine rings is 1. The lowest BCUT2D eigenvalue weighted by Crippen LogP contribution is -2.37. The second-order valence-electron chi connectivity index (χ2n) is 4.45. The summed E-state index contributed by atoms with van der Waals surface area (Å²) in [7, 11) is 0. The predicted octanol–water partition coefficient (Wildman–Crippen LogP) is 2.64. The van der Waals surface area contributed by atoms with Crippen molar-refractivity contribution in [2.75, 3.05) is 6.54 Å². The van der Waals surface area contributed by atoms with Crippen LogP contribution in [-0.4, -0.2) is 23.3 Å². The highest BCUT2D eigenvalue weighted by molar-refractivity contribution is 5.80. The van der Waals surface area contributed by atoms with E-state index in [1.165, 1.54) is 32.1 Å². The van der Waals surface area contributed by atoms with Crippen molar-refractivity contribution >= 4 is 5.84 Å². The molecular formula is C11H20N2. The summed E-state index contributed by atoms with van der Waals surface area (Å²) in [5, 5.41) is 7.86. The smallest absolute Gasteiger partial charge is 0.0960 e. The fourth-order valence-electron chi connectivity index (χ4n) is 2.51. The Hall–Kier alpha value is -0.530. The maximum Gasteiger partial charge on any atom is 0.0960 e. The number of rotatable bonds is 3. The van der Waals surface area contributed by atoms with Gasteiger partial charge in [-0.1, -0.05) is 13.3 Å². The molecule has 1 aliphatic heterocycles. The van der Waals surface area contributed by atoms with Gasteiger partial charge < -0.3 is 4.90 Å². The third kappa shape index (κ3) is 1.87. The van der Waals surface area contributed by atoms with Crippen molar-refractivity contribution in [3.8, 4) is 0 Å². The molecule has 0 aromatic carbocycles. The van der Waals surface area contributed by atoms with E-state index in [9.17, 15) is 0 Å². The molecule has 2 atom stereocenters. The lowest BCUT2D eigenvalue weighted by molar-refractivity contribution is 0.340. The Morgan fingerprint density at radius 1 is 1.46 bits per heavy atom. The van der Waals surface area contributed by atoms with Crippen molar-refractivity contribution in [2.24, 2.45) is 5.92 Å². The number of nitrogens with zero attached hydrogens (tertiary/aromatic N) is 1. The molecule has 2 heteroatoms. The number of hydrogen-bond acceptors (Lipinski definition) is 1. The van der Waals surface area contributed by atoms with Crippen molar-refractivity contribution < 1.29 is 0 Å². The van der Waals surface area contributed by atoms with Gasteiger partial charge in [0, 0.05) is 19.0 Å². The highest BCUT2D eigenvalue weighted by Gasteiger charge is 2.42. The Balaban J connectivity index is 1.84. The second kappa shape index (κ2) is 3.69. The van der Waals surface area contributed by atoms with E-state index in [0.717, 1.165) is 30.8 Å². The van der Waals surface area contributed by atoms with Crippen molar-refractivity contribution in [3.05, 3.63) is 0 Å². The SMILES string of the molecule is CCCC1CC1N1CCCCC1=N. The minimum Gasteiger partial charge on any atom is -0.357 e. The first-order valence-electron chi connectivity index (χ1n) is 5.67. The van der Waals surface area contributed by atoms with Gasteiger partial charge in [-0.05, 0) is 31.6 Å². The zero-order valence-electron chi connectivity index (χ0n) is 8.55. The standard InChI is InChI=1S/C11H20N2/c1-2-5-9-8-10(9)13-7-4-3-6-11(13)12/h9-10,12H,2-8H2,1H3.